The molecular weight excluding hydrogens is 364 g/mol. The van der Waals surface area contributed by atoms with E-state index in [-0.39, 0.29) is 11.3 Å². The van der Waals surface area contributed by atoms with E-state index in [0.29, 0.717) is 43.7 Å². The van der Waals surface area contributed by atoms with Gasteiger partial charge in [0.2, 0.25) is 0 Å². The van der Waals surface area contributed by atoms with E-state index in [0.717, 1.165) is 0 Å². The van der Waals surface area contributed by atoms with Crippen LogP contribution in [0.5, 0.6) is 5.75 Å². The molecule has 0 saturated heterocycles. The first-order chi connectivity index (χ1) is 13.0. The second kappa shape index (κ2) is 6.31. The highest BCUT2D eigenvalue weighted by Crippen LogP contribution is 2.26. The van der Waals surface area contributed by atoms with Gasteiger partial charge in [0.05, 0.1) is 27.5 Å². The summed E-state index contributed by atoms with van der Waals surface area (Å²) < 4.78 is 1.44. The highest BCUT2D eigenvalue weighted by molar-refractivity contribution is 6.30. The summed E-state index contributed by atoms with van der Waals surface area (Å²) in [6.07, 6.45) is 1.47. The van der Waals surface area contributed by atoms with Gasteiger partial charge in [0.25, 0.3) is 5.56 Å². The molecule has 4 aromatic rings. The van der Waals surface area contributed by atoms with Crippen LogP contribution in [-0.2, 0) is 0 Å². The van der Waals surface area contributed by atoms with Crippen molar-refractivity contribution in [2.24, 2.45) is 0 Å². The quantitative estimate of drug-likeness (QED) is 0.525. The number of fused-ring (bicyclic) bond motifs is 3. The monoisotopic (exact) mass is 376 g/mol. The predicted molar refractivity (Wildman–Crippen MR) is 105 cm³/mol. The number of para-hydroxylation sites is 2. The van der Waals surface area contributed by atoms with Crippen LogP contribution in [0, 0.1) is 18.3 Å². The van der Waals surface area contributed by atoms with Gasteiger partial charge >= 0.3 is 0 Å². The van der Waals surface area contributed by atoms with Gasteiger partial charge < -0.3 is 10.4 Å². The third kappa shape index (κ3) is 2.65. The van der Waals surface area contributed by atoms with Crippen molar-refractivity contribution in [3.05, 3.63) is 74.2 Å². The second-order valence-electron chi connectivity index (χ2n) is 6.04. The van der Waals surface area contributed by atoms with Gasteiger partial charge in [-0.1, -0.05) is 23.7 Å². The Bertz CT molecular complexity index is 1370. The number of phenols is 1. The number of anilines is 1. The number of phenolic OH excluding ortho intramolecular Hbond substituents is 1. The lowest BCUT2D eigenvalue weighted by Crippen LogP contribution is -2.34. The zero-order valence-corrected chi connectivity index (χ0v) is 14.9. The zero-order chi connectivity index (χ0) is 19.1. The Morgan fingerprint density at radius 3 is 2.85 bits per heavy atom. The number of hydrogen-bond donors (Lipinski definition) is 2. The van der Waals surface area contributed by atoms with Crippen LogP contribution in [0.2, 0.25) is 5.02 Å². The van der Waals surface area contributed by atoms with Crippen LogP contribution in [0.1, 0.15) is 11.1 Å². The molecule has 0 aliphatic carbocycles. The molecule has 4 rings (SSSR count). The van der Waals surface area contributed by atoms with Gasteiger partial charge in [0.1, 0.15) is 11.8 Å². The zero-order valence-electron chi connectivity index (χ0n) is 14.2. The standard InChI is InChI=1S/C20H13ClN4O2/c1-11-13(9-22)19-24-15-4-2-3-5-17(15)25(19)20(27)14(11)10-23-16-8-12(21)6-7-18(16)26/h2-8,10,23,26H,1H3. The molecule has 0 amide bonds. The molecule has 0 unspecified atom stereocenters. The SMILES string of the molecule is Cc1c(C#N)c2nc3ccccc3n2c(=O)c1=CNc1cc(Cl)ccc1O. The third-order valence-corrected chi connectivity index (χ3v) is 4.67. The molecule has 27 heavy (non-hydrogen) atoms. The van der Waals surface area contributed by atoms with E-state index in [1.807, 2.05) is 12.1 Å². The van der Waals surface area contributed by atoms with E-state index in [1.165, 1.54) is 16.7 Å². The van der Waals surface area contributed by atoms with Crippen LogP contribution in [0.25, 0.3) is 22.9 Å². The molecule has 0 fully saturated rings. The molecule has 0 saturated carbocycles. The number of nitrogens with zero attached hydrogens (tertiary/aromatic N) is 3. The molecule has 0 aliphatic heterocycles. The van der Waals surface area contributed by atoms with Gasteiger partial charge in [-0.25, -0.2) is 4.98 Å². The Labute approximate surface area is 158 Å². The third-order valence-electron chi connectivity index (χ3n) is 4.44. The molecule has 2 N–H and O–H groups in total. The van der Waals surface area contributed by atoms with Gasteiger partial charge in [-0.05, 0) is 42.8 Å². The highest BCUT2D eigenvalue weighted by Gasteiger charge is 2.16. The Morgan fingerprint density at radius 1 is 1.30 bits per heavy atom. The maximum atomic E-state index is 13.1. The maximum absolute atomic E-state index is 13.1. The van der Waals surface area contributed by atoms with Gasteiger partial charge in [-0.3, -0.25) is 9.20 Å². The topological polar surface area (TPSA) is 90.4 Å². The van der Waals surface area contributed by atoms with Crippen LogP contribution >= 0.6 is 11.6 Å². The minimum atomic E-state index is -0.302. The van der Waals surface area contributed by atoms with Crippen molar-refractivity contribution in [3.63, 3.8) is 0 Å². The molecule has 0 bridgehead atoms. The summed E-state index contributed by atoms with van der Waals surface area (Å²) in [5, 5.41) is 23.2. The summed E-state index contributed by atoms with van der Waals surface area (Å²) >= 11 is 5.96. The van der Waals surface area contributed by atoms with Crippen LogP contribution in [0.4, 0.5) is 5.69 Å². The first-order valence-electron chi connectivity index (χ1n) is 8.10. The van der Waals surface area contributed by atoms with E-state index in [9.17, 15) is 15.2 Å². The minimum absolute atomic E-state index is 0.00424. The molecule has 0 spiro atoms. The fraction of sp³-hybridized carbons (Fsp3) is 0.0500. The number of halogens is 1. The highest BCUT2D eigenvalue weighted by atomic mass is 35.5. The average molecular weight is 377 g/mol. The lowest BCUT2D eigenvalue weighted by Gasteiger charge is -2.06. The van der Waals surface area contributed by atoms with E-state index < -0.39 is 0 Å². The molecular formula is C20H13ClN4O2. The van der Waals surface area contributed by atoms with Crippen molar-refractivity contribution >= 4 is 40.2 Å². The fourth-order valence-electron chi connectivity index (χ4n) is 3.06. The van der Waals surface area contributed by atoms with Gasteiger partial charge in [-0.2, -0.15) is 5.26 Å². The van der Waals surface area contributed by atoms with Crippen molar-refractivity contribution in [1.29, 1.82) is 5.26 Å². The number of aromatic hydroxyl groups is 1. The number of benzene rings is 2. The number of nitrogens with one attached hydrogen (secondary N) is 1. The van der Waals surface area contributed by atoms with E-state index in [1.54, 1.807) is 31.2 Å². The van der Waals surface area contributed by atoms with Crippen LogP contribution < -0.4 is 16.1 Å². The first-order valence-corrected chi connectivity index (χ1v) is 8.48. The molecule has 2 aromatic carbocycles. The average Bonchev–Trinajstić information content (AvgIpc) is 3.04. The molecule has 7 heteroatoms. The van der Waals surface area contributed by atoms with Crippen molar-refractivity contribution in [2.45, 2.75) is 6.92 Å². The van der Waals surface area contributed by atoms with Gasteiger partial charge in [0, 0.05) is 11.2 Å². The molecule has 6 nitrogen and oxygen atoms in total. The Kier molecular flexibility index (Phi) is 3.94. The van der Waals surface area contributed by atoms with E-state index in [2.05, 4.69) is 16.4 Å². The number of nitriles is 1. The molecule has 2 aromatic heterocycles. The van der Waals surface area contributed by atoms with Crippen molar-refractivity contribution in [3.8, 4) is 11.8 Å². The Morgan fingerprint density at radius 2 is 2.07 bits per heavy atom. The lowest BCUT2D eigenvalue weighted by atomic mass is 10.1. The predicted octanol–water partition coefficient (Wildman–Crippen LogP) is 2.96. The van der Waals surface area contributed by atoms with E-state index in [4.69, 9.17) is 11.6 Å². The summed E-state index contributed by atoms with van der Waals surface area (Å²) in [7, 11) is 0. The number of rotatable bonds is 2. The number of aromatic nitrogens is 2. The smallest absolute Gasteiger partial charge is 0.265 e. The van der Waals surface area contributed by atoms with E-state index >= 15 is 0 Å². The lowest BCUT2D eigenvalue weighted by molar-refractivity contribution is 0.478. The second-order valence-corrected chi connectivity index (χ2v) is 6.48. The summed E-state index contributed by atoms with van der Waals surface area (Å²) in [6, 6.07) is 13.9. The molecule has 2 heterocycles. The minimum Gasteiger partial charge on any atom is -0.506 e. The van der Waals surface area contributed by atoms with Crippen molar-refractivity contribution in [1.82, 2.24) is 9.38 Å². The Hall–Kier alpha value is -3.56. The molecule has 132 valence electrons. The molecule has 0 aliphatic rings. The fourth-order valence-corrected chi connectivity index (χ4v) is 3.23. The first kappa shape index (κ1) is 16.9. The molecule has 0 atom stereocenters. The van der Waals surface area contributed by atoms with Gasteiger partial charge in [0.15, 0.2) is 5.65 Å². The van der Waals surface area contributed by atoms with Crippen LogP contribution in [-0.4, -0.2) is 14.5 Å². The number of imidazole rings is 1. The Balaban J connectivity index is 2.03. The summed E-state index contributed by atoms with van der Waals surface area (Å²) in [6.45, 7) is 1.70. The van der Waals surface area contributed by atoms with Crippen LogP contribution in [0.3, 0.4) is 0 Å². The number of pyridine rings is 1. The summed E-state index contributed by atoms with van der Waals surface area (Å²) in [5.74, 6) is -0.00424. The van der Waals surface area contributed by atoms with Crippen LogP contribution in [0.15, 0.2) is 47.3 Å². The van der Waals surface area contributed by atoms with Gasteiger partial charge in [-0.15, -0.1) is 0 Å². The number of hydrogen-bond acceptors (Lipinski definition) is 5. The normalized spacial score (nSPS) is 11.8. The molecule has 0 radical (unpaired) electrons. The maximum Gasteiger partial charge on any atom is 0.265 e. The summed E-state index contributed by atoms with van der Waals surface area (Å²) in [5.41, 5.74) is 2.51. The summed E-state index contributed by atoms with van der Waals surface area (Å²) in [4.78, 5) is 17.6. The van der Waals surface area contributed by atoms with Crippen molar-refractivity contribution in [2.75, 3.05) is 5.32 Å². The van der Waals surface area contributed by atoms with Crippen molar-refractivity contribution < 1.29 is 5.11 Å². The largest absolute Gasteiger partial charge is 0.506 e.